The van der Waals surface area contributed by atoms with E-state index < -0.39 is 0 Å². The van der Waals surface area contributed by atoms with Gasteiger partial charge in [0.05, 0.1) is 0 Å². The van der Waals surface area contributed by atoms with E-state index in [1.165, 1.54) is 5.56 Å². The fourth-order valence-electron chi connectivity index (χ4n) is 2.72. The maximum Gasteiger partial charge on any atom is 0.191 e. The second-order valence-corrected chi connectivity index (χ2v) is 7.74. The number of hydrogen-bond acceptors (Lipinski definition) is 4. The fraction of sp³-hybridized carbons (Fsp3) is 0.0870. The molecule has 0 aliphatic rings. The molecule has 2 heterocycles. The second kappa shape index (κ2) is 8.95. The second-order valence-electron chi connectivity index (χ2n) is 6.36. The van der Waals surface area contributed by atoms with Crippen LogP contribution in [0.4, 0.5) is 0 Å². The molecule has 4 nitrogen and oxygen atoms in total. The van der Waals surface area contributed by atoms with Crippen molar-refractivity contribution >= 4 is 23.4 Å². The van der Waals surface area contributed by atoms with Crippen LogP contribution in [0.25, 0.3) is 11.4 Å². The summed E-state index contributed by atoms with van der Waals surface area (Å²) in [5.74, 6) is 7.88. The van der Waals surface area contributed by atoms with Crippen molar-refractivity contribution in [3.8, 4) is 23.2 Å². The molecular formula is C23H17ClN4S. The number of hydrogen-bond donors (Lipinski definition) is 0. The monoisotopic (exact) mass is 416 g/mol. The van der Waals surface area contributed by atoms with Gasteiger partial charge < -0.3 is 4.57 Å². The SMILES string of the molecule is Cn1c(SCc2ccc(Cl)cc2)nnc1-c1cncc(C#Cc2ccccc2)c1. The molecule has 0 fully saturated rings. The molecule has 0 N–H and O–H groups in total. The highest BCUT2D eigenvalue weighted by Gasteiger charge is 2.12. The summed E-state index contributed by atoms with van der Waals surface area (Å²) in [4.78, 5) is 4.32. The van der Waals surface area contributed by atoms with E-state index in [4.69, 9.17) is 11.6 Å². The Morgan fingerprint density at radius 3 is 2.48 bits per heavy atom. The molecule has 0 saturated heterocycles. The lowest BCUT2D eigenvalue weighted by Crippen LogP contribution is -1.96. The van der Waals surface area contributed by atoms with Crippen LogP contribution < -0.4 is 0 Å². The van der Waals surface area contributed by atoms with Gasteiger partial charge in [0, 0.05) is 46.9 Å². The van der Waals surface area contributed by atoms with Gasteiger partial charge >= 0.3 is 0 Å². The first-order chi connectivity index (χ1) is 14.2. The van der Waals surface area contributed by atoms with E-state index in [0.717, 1.165) is 38.4 Å². The molecule has 0 radical (unpaired) electrons. The third kappa shape index (κ3) is 4.86. The topological polar surface area (TPSA) is 43.6 Å². The first-order valence-corrected chi connectivity index (χ1v) is 10.3. The van der Waals surface area contributed by atoms with Crippen molar-refractivity contribution in [2.24, 2.45) is 7.05 Å². The minimum absolute atomic E-state index is 0.738. The quantitative estimate of drug-likeness (QED) is 0.338. The van der Waals surface area contributed by atoms with E-state index in [-0.39, 0.29) is 0 Å². The molecule has 2 aromatic heterocycles. The van der Waals surface area contributed by atoms with Crippen molar-refractivity contribution < 1.29 is 0 Å². The van der Waals surface area contributed by atoms with Gasteiger partial charge in [0.2, 0.25) is 0 Å². The third-order valence-electron chi connectivity index (χ3n) is 4.24. The molecule has 4 aromatic rings. The van der Waals surface area contributed by atoms with E-state index in [1.54, 1.807) is 24.2 Å². The highest BCUT2D eigenvalue weighted by atomic mass is 35.5. The van der Waals surface area contributed by atoms with Gasteiger partial charge in [-0.15, -0.1) is 10.2 Å². The lowest BCUT2D eigenvalue weighted by Gasteiger charge is -2.04. The number of benzene rings is 2. The van der Waals surface area contributed by atoms with Crippen LogP contribution in [0.15, 0.2) is 78.2 Å². The van der Waals surface area contributed by atoms with Crippen LogP contribution >= 0.6 is 23.4 Å². The zero-order valence-electron chi connectivity index (χ0n) is 15.7. The lowest BCUT2D eigenvalue weighted by molar-refractivity contribution is 0.793. The Kier molecular flexibility index (Phi) is 5.95. The smallest absolute Gasteiger partial charge is 0.191 e. The molecule has 0 aliphatic heterocycles. The first kappa shape index (κ1) is 19.3. The molecule has 0 bridgehead atoms. The Hall–Kier alpha value is -3.07. The molecule has 2 aromatic carbocycles. The number of nitrogens with zero attached hydrogens (tertiary/aromatic N) is 4. The van der Waals surface area contributed by atoms with E-state index in [2.05, 4.69) is 27.0 Å². The largest absolute Gasteiger partial charge is 0.305 e. The zero-order valence-corrected chi connectivity index (χ0v) is 17.3. The van der Waals surface area contributed by atoms with E-state index in [9.17, 15) is 0 Å². The highest BCUT2D eigenvalue weighted by molar-refractivity contribution is 7.98. The van der Waals surface area contributed by atoms with E-state index >= 15 is 0 Å². The summed E-state index contributed by atoms with van der Waals surface area (Å²) >= 11 is 7.58. The minimum Gasteiger partial charge on any atom is -0.305 e. The summed E-state index contributed by atoms with van der Waals surface area (Å²) in [6, 6.07) is 19.7. The number of aromatic nitrogens is 4. The summed E-state index contributed by atoms with van der Waals surface area (Å²) in [7, 11) is 1.96. The van der Waals surface area contributed by atoms with Crippen molar-refractivity contribution in [1.29, 1.82) is 0 Å². The van der Waals surface area contributed by atoms with Crippen LogP contribution in [0.5, 0.6) is 0 Å². The summed E-state index contributed by atoms with van der Waals surface area (Å²) in [6.45, 7) is 0. The van der Waals surface area contributed by atoms with Crippen molar-refractivity contribution in [3.05, 3.63) is 94.8 Å². The van der Waals surface area contributed by atoms with Crippen molar-refractivity contribution in [2.45, 2.75) is 10.9 Å². The van der Waals surface area contributed by atoms with Crippen LogP contribution in [-0.4, -0.2) is 19.7 Å². The molecule has 4 rings (SSSR count). The molecule has 142 valence electrons. The Labute approximate surface area is 179 Å². The van der Waals surface area contributed by atoms with Crippen molar-refractivity contribution in [2.75, 3.05) is 0 Å². The lowest BCUT2D eigenvalue weighted by atomic mass is 10.1. The Morgan fingerprint density at radius 2 is 1.69 bits per heavy atom. The average molecular weight is 417 g/mol. The normalized spacial score (nSPS) is 10.4. The van der Waals surface area contributed by atoms with Gasteiger partial charge in [-0.25, -0.2) is 0 Å². The molecule has 29 heavy (non-hydrogen) atoms. The molecule has 0 unspecified atom stereocenters. The fourth-order valence-corrected chi connectivity index (χ4v) is 3.71. The maximum absolute atomic E-state index is 5.95. The molecular weight excluding hydrogens is 400 g/mol. The predicted octanol–water partition coefficient (Wildman–Crippen LogP) is 5.22. The van der Waals surface area contributed by atoms with Gasteiger partial charge in [0.25, 0.3) is 0 Å². The number of thioether (sulfide) groups is 1. The van der Waals surface area contributed by atoms with Gasteiger partial charge in [0.1, 0.15) is 0 Å². The molecule has 0 spiro atoms. The predicted molar refractivity (Wildman–Crippen MR) is 118 cm³/mol. The van der Waals surface area contributed by atoms with E-state index in [0.29, 0.717) is 0 Å². The summed E-state index contributed by atoms with van der Waals surface area (Å²) < 4.78 is 1.98. The van der Waals surface area contributed by atoms with Crippen molar-refractivity contribution in [3.63, 3.8) is 0 Å². The van der Waals surface area contributed by atoms with Gasteiger partial charge in [-0.05, 0) is 35.9 Å². The maximum atomic E-state index is 5.95. The number of rotatable bonds is 4. The Bertz CT molecular complexity index is 1170. The molecule has 0 amide bonds. The van der Waals surface area contributed by atoms with Crippen LogP contribution in [-0.2, 0) is 12.8 Å². The molecule has 0 atom stereocenters. The van der Waals surface area contributed by atoms with Crippen LogP contribution in [0.2, 0.25) is 5.02 Å². The molecule has 0 aliphatic carbocycles. The Balaban J connectivity index is 1.52. The molecule has 6 heteroatoms. The third-order valence-corrected chi connectivity index (χ3v) is 5.58. The summed E-state index contributed by atoms with van der Waals surface area (Å²) in [5, 5.41) is 10.3. The van der Waals surface area contributed by atoms with Crippen LogP contribution in [0, 0.1) is 11.8 Å². The van der Waals surface area contributed by atoms with E-state index in [1.807, 2.05) is 72.3 Å². The summed E-state index contributed by atoms with van der Waals surface area (Å²) in [6.07, 6.45) is 3.54. The average Bonchev–Trinajstić information content (AvgIpc) is 3.13. The standard InChI is InChI=1S/C23H17ClN4S/c1-28-22(26-27-23(28)29-16-18-9-11-21(24)12-10-18)20-13-19(14-25-15-20)8-7-17-5-3-2-4-6-17/h2-6,9-15H,16H2,1H3. The number of pyridine rings is 1. The van der Waals surface area contributed by atoms with Crippen LogP contribution in [0.3, 0.4) is 0 Å². The molecule has 0 saturated carbocycles. The Morgan fingerprint density at radius 1 is 0.931 bits per heavy atom. The van der Waals surface area contributed by atoms with Gasteiger partial charge in [-0.3, -0.25) is 4.98 Å². The number of halogens is 1. The van der Waals surface area contributed by atoms with Gasteiger partial charge in [0.15, 0.2) is 11.0 Å². The van der Waals surface area contributed by atoms with Gasteiger partial charge in [-0.2, -0.15) is 0 Å². The highest BCUT2D eigenvalue weighted by Crippen LogP contribution is 2.25. The van der Waals surface area contributed by atoms with Crippen LogP contribution in [0.1, 0.15) is 16.7 Å². The van der Waals surface area contributed by atoms with Gasteiger partial charge in [-0.1, -0.05) is 65.5 Å². The van der Waals surface area contributed by atoms with Crippen molar-refractivity contribution in [1.82, 2.24) is 19.7 Å². The zero-order chi connectivity index (χ0) is 20.1. The summed E-state index contributed by atoms with van der Waals surface area (Å²) in [5.41, 5.74) is 3.88. The minimum atomic E-state index is 0.738. The first-order valence-electron chi connectivity index (χ1n) is 8.98.